The van der Waals surface area contributed by atoms with Gasteiger partial charge in [-0.2, -0.15) is 0 Å². The summed E-state index contributed by atoms with van der Waals surface area (Å²) in [6.45, 7) is 9.28. The molecule has 0 aliphatic carbocycles. The highest BCUT2D eigenvalue weighted by molar-refractivity contribution is 7.09. The van der Waals surface area contributed by atoms with Gasteiger partial charge in [0.05, 0.1) is 43.1 Å². The monoisotopic (exact) mass is 322 g/mol. The van der Waals surface area contributed by atoms with Crippen LogP contribution in [-0.2, 0) is 0 Å². The summed E-state index contributed by atoms with van der Waals surface area (Å²) in [5, 5.41) is 13.5. The van der Waals surface area contributed by atoms with E-state index in [-0.39, 0.29) is 16.9 Å². The van der Waals surface area contributed by atoms with Crippen molar-refractivity contribution < 1.29 is 14.9 Å². The van der Waals surface area contributed by atoms with Gasteiger partial charge in [-0.15, -0.1) is 11.3 Å². The Kier molecular flexibility index (Phi) is 3.65. The number of quaternary nitrogens is 2. The molecule has 0 saturated carbocycles. The Hall–Kier alpha value is -0.420. The van der Waals surface area contributed by atoms with Gasteiger partial charge in [-0.1, -0.05) is 32.8 Å². The first-order valence-corrected chi connectivity index (χ1v) is 9.93. The lowest BCUT2D eigenvalue weighted by molar-refractivity contribution is -1.19. The van der Waals surface area contributed by atoms with Gasteiger partial charge < -0.3 is 5.11 Å². The molecule has 0 aromatic carbocycles. The van der Waals surface area contributed by atoms with Crippen molar-refractivity contribution in [1.29, 1.82) is 0 Å². The Morgan fingerprint density at radius 3 is 2.05 bits per heavy atom. The number of nitrogens with one attached hydrogen (secondary N) is 2. The molecule has 0 unspecified atom stereocenters. The molecule has 4 saturated heterocycles. The number of piperidine rings is 2. The van der Waals surface area contributed by atoms with Gasteiger partial charge in [0.1, 0.15) is 4.88 Å². The average molecular weight is 323 g/mol. The normalized spacial score (nSPS) is 46.3. The Balaban J connectivity index is 1.72. The van der Waals surface area contributed by atoms with Crippen LogP contribution in [0.5, 0.6) is 0 Å². The number of hydrogen-bond acceptors (Lipinski definition) is 2. The van der Waals surface area contributed by atoms with Crippen LogP contribution >= 0.6 is 11.3 Å². The first-order valence-electron chi connectivity index (χ1n) is 9.05. The van der Waals surface area contributed by atoms with Crippen molar-refractivity contribution in [2.75, 3.05) is 26.2 Å². The van der Waals surface area contributed by atoms with Crippen LogP contribution < -0.4 is 9.80 Å². The SMILES string of the molecule is CCCC12C[NH+]3CC(CCC)(C[NH+](C1)C3c1cccs1)C2O. The van der Waals surface area contributed by atoms with Crippen LogP contribution in [-0.4, -0.2) is 37.4 Å². The second-order valence-corrected chi connectivity index (χ2v) is 9.08. The highest BCUT2D eigenvalue weighted by Crippen LogP contribution is 2.45. The van der Waals surface area contributed by atoms with E-state index in [0.29, 0.717) is 6.17 Å². The Morgan fingerprint density at radius 1 is 1.09 bits per heavy atom. The molecule has 0 atom stereocenters. The molecule has 4 aliphatic rings. The van der Waals surface area contributed by atoms with E-state index in [4.69, 9.17) is 0 Å². The van der Waals surface area contributed by atoms with Crippen LogP contribution in [0.1, 0.15) is 50.6 Å². The summed E-state index contributed by atoms with van der Waals surface area (Å²) < 4.78 is 0. The van der Waals surface area contributed by atoms with Crippen LogP contribution in [0.15, 0.2) is 17.5 Å². The van der Waals surface area contributed by atoms with E-state index in [9.17, 15) is 5.11 Å². The maximum Gasteiger partial charge on any atom is 0.249 e. The predicted octanol–water partition coefficient (Wildman–Crippen LogP) is 0.491. The molecule has 122 valence electrons. The molecular formula is C18H30N2OS+2. The fraction of sp³-hybridized carbons (Fsp3) is 0.778. The predicted molar refractivity (Wildman–Crippen MR) is 89.1 cm³/mol. The fourth-order valence-corrected chi connectivity index (χ4v) is 7.21. The zero-order valence-electron chi connectivity index (χ0n) is 13.9. The summed E-state index contributed by atoms with van der Waals surface area (Å²) in [7, 11) is 0. The van der Waals surface area contributed by atoms with Gasteiger partial charge in [-0.3, -0.25) is 9.80 Å². The molecule has 4 aliphatic heterocycles. The van der Waals surface area contributed by atoms with Gasteiger partial charge in [0.15, 0.2) is 0 Å². The molecule has 3 nitrogen and oxygen atoms in total. The van der Waals surface area contributed by atoms with Crippen molar-refractivity contribution in [1.82, 2.24) is 0 Å². The molecule has 1 aromatic heterocycles. The van der Waals surface area contributed by atoms with Crippen LogP contribution in [0.4, 0.5) is 0 Å². The van der Waals surface area contributed by atoms with E-state index in [1.165, 1.54) is 51.9 Å². The summed E-state index contributed by atoms with van der Waals surface area (Å²) in [5.41, 5.74) is 0.359. The lowest BCUT2D eigenvalue weighted by Crippen LogP contribution is -3.41. The molecule has 22 heavy (non-hydrogen) atoms. The van der Waals surface area contributed by atoms with Gasteiger partial charge in [-0.25, -0.2) is 0 Å². The third-order valence-corrected chi connectivity index (χ3v) is 7.55. The third-order valence-electron chi connectivity index (χ3n) is 6.62. The second-order valence-electron chi connectivity index (χ2n) is 8.10. The van der Waals surface area contributed by atoms with Crippen molar-refractivity contribution in [2.24, 2.45) is 10.8 Å². The zero-order chi connectivity index (χ0) is 15.4. The van der Waals surface area contributed by atoms with Crippen molar-refractivity contribution in [3.8, 4) is 0 Å². The molecular weight excluding hydrogens is 292 g/mol. The zero-order valence-corrected chi connectivity index (χ0v) is 14.7. The quantitative estimate of drug-likeness (QED) is 0.724. The lowest BCUT2D eigenvalue weighted by atomic mass is 9.56. The Labute approximate surface area is 137 Å². The van der Waals surface area contributed by atoms with E-state index in [1.807, 2.05) is 11.3 Å². The van der Waals surface area contributed by atoms with Crippen molar-refractivity contribution in [3.05, 3.63) is 22.4 Å². The maximum atomic E-state index is 11.3. The van der Waals surface area contributed by atoms with Gasteiger partial charge in [-0.05, 0) is 24.3 Å². The van der Waals surface area contributed by atoms with Gasteiger partial charge in [0.25, 0.3) is 0 Å². The Bertz CT molecular complexity index is 487. The summed E-state index contributed by atoms with van der Waals surface area (Å²) >= 11 is 1.92. The minimum atomic E-state index is -0.0725. The number of thiophene rings is 1. The molecule has 4 heteroatoms. The molecule has 4 bridgehead atoms. The topological polar surface area (TPSA) is 29.1 Å². The maximum absolute atomic E-state index is 11.3. The van der Waals surface area contributed by atoms with Crippen molar-refractivity contribution in [3.63, 3.8) is 0 Å². The first kappa shape index (κ1) is 15.1. The van der Waals surface area contributed by atoms with Gasteiger partial charge in [0.2, 0.25) is 6.17 Å². The summed E-state index contributed by atoms with van der Waals surface area (Å²) in [6.07, 6.45) is 5.35. The molecule has 3 N–H and O–H groups in total. The molecule has 4 fully saturated rings. The van der Waals surface area contributed by atoms with Crippen LogP contribution in [0.25, 0.3) is 0 Å². The van der Waals surface area contributed by atoms with Gasteiger partial charge >= 0.3 is 0 Å². The number of hydrogen-bond donors (Lipinski definition) is 3. The van der Waals surface area contributed by atoms with Crippen LogP contribution in [0.3, 0.4) is 0 Å². The summed E-state index contributed by atoms with van der Waals surface area (Å²) in [4.78, 5) is 5.06. The van der Waals surface area contributed by atoms with Gasteiger partial charge in [0, 0.05) is 0 Å². The third kappa shape index (κ3) is 1.97. The minimum Gasteiger partial charge on any atom is -0.391 e. The van der Waals surface area contributed by atoms with E-state index in [2.05, 4.69) is 31.4 Å². The van der Waals surface area contributed by atoms with Crippen LogP contribution in [0.2, 0.25) is 0 Å². The second kappa shape index (κ2) is 5.30. The van der Waals surface area contributed by atoms with Crippen LogP contribution in [0, 0.1) is 10.8 Å². The standard InChI is InChI=1S/C18H28N2OS/c1-3-7-17-10-19-12-18(8-4-2,16(17)21)13-20(11-17)15(19)14-6-5-9-22-14/h5-6,9,15-16,21H,3-4,7-8,10-13H2,1-2H3/p+2. The van der Waals surface area contributed by atoms with Crippen molar-refractivity contribution >= 4 is 11.3 Å². The van der Waals surface area contributed by atoms with E-state index in [1.54, 1.807) is 14.7 Å². The van der Waals surface area contributed by atoms with E-state index in [0.717, 1.165) is 0 Å². The first-order chi connectivity index (χ1) is 10.6. The smallest absolute Gasteiger partial charge is 0.249 e. The largest absolute Gasteiger partial charge is 0.391 e. The average Bonchev–Trinajstić information content (AvgIpc) is 2.98. The van der Waals surface area contributed by atoms with E-state index < -0.39 is 0 Å². The summed E-state index contributed by atoms with van der Waals surface area (Å²) in [6, 6.07) is 4.53. The van der Waals surface area contributed by atoms with E-state index >= 15 is 0 Å². The number of rotatable bonds is 5. The lowest BCUT2D eigenvalue weighted by Gasteiger charge is -2.64. The fourth-order valence-electron chi connectivity index (χ4n) is 6.27. The summed E-state index contributed by atoms with van der Waals surface area (Å²) in [5.74, 6) is 0. The molecule has 0 amide bonds. The van der Waals surface area contributed by atoms with Crippen molar-refractivity contribution in [2.45, 2.75) is 51.8 Å². The molecule has 5 rings (SSSR count). The molecule has 1 aromatic rings. The molecule has 5 heterocycles. The molecule has 0 radical (unpaired) electrons. The highest BCUT2D eigenvalue weighted by Gasteiger charge is 2.70. The highest BCUT2D eigenvalue weighted by atomic mass is 32.1. The minimum absolute atomic E-state index is 0.0725. The number of aliphatic hydroxyl groups excluding tert-OH is 1. The number of aliphatic hydroxyl groups is 1. The molecule has 0 spiro atoms. The Morgan fingerprint density at radius 2 is 1.64 bits per heavy atom.